The Balaban J connectivity index is 2.04. The summed E-state index contributed by atoms with van der Waals surface area (Å²) in [5.74, 6) is -0.255. The normalized spacial score (nSPS) is 11.4. The maximum absolute atomic E-state index is 12.1. The maximum atomic E-state index is 12.1. The zero-order valence-electron chi connectivity index (χ0n) is 10.1. The first kappa shape index (κ1) is 14.4. The molecule has 9 heteroatoms. The molecular formula is C11H8F3N3O2S. The number of thioether (sulfide) groups is 1. The molecule has 0 aliphatic carbocycles. The van der Waals surface area contributed by atoms with Crippen molar-refractivity contribution in [2.45, 2.75) is 17.3 Å². The number of hydrogen-bond acceptors (Lipinski definition) is 5. The fraction of sp³-hybridized carbons (Fsp3) is 0.182. The average Bonchev–Trinajstić information content (AvgIpc) is 2.73. The molecule has 0 spiro atoms. The van der Waals surface area contributed by atoms with E-state index in [9.17, 15) is 18.0 Å². The Hall–Kier alpha value is -2.03. The molecule has 2 aromatic rings. The number of nitrogens with zero attached hydrogens (tertiary/aromatic N) is 2. The van der Waals surface area contributed by atoms with E-state index >= 15 is 0 Å². The lowest BCUT2D eigenvalue weighted by atomic mass is 10.2. The van der Waals surface area contributed by atoms with Crippen LogP contribution in [0.5, 0.6) is 0 Å². The van der Waals surface area contributed by atoms with Crippen molar-refractivity contribution in [2.75, 3.05) is 5.32 Å². The second kappa shape index (κ2) is 5.53. The number of benzene rings is 1. The molecule has 0 aliphatic heterocycles. The number of alkyl halides is 3. The number of aromatic nitrogens is 2. The van der Waals surface area contributed by atoms with E-state index in [0.717, 1.165) is 0 Å². The van der Waals surface area contributed by atoms with Crippen molar-refractivity contribution in [2.24, 2.45) is 0 Å². The molecule has 1 amide bonds. The second-order valence-corrected chi connectivity index (χ2v) is 4.79. The van der Waals surface area contributed by atoms with Crippen molar-refractivity contribution >= 4 is 23.7 Å². The number of rotatable bonds is 3. The zero-order valence-corrected chi connectivity index (χ0v) is 10.9. The Labute approximate surface area is 115 Å². The van der Waals surface area contributed by atoms with Crippen LogP contribution in [0.15, 0.2) is 33.6 Å². The third-order valence-electron chi connectivity index (χ3n) is 2.10. The molecular weight excluding hydrogens is 295 g/mol. The molecule has 0 unspecified atom stereocenters. The Morgan fingerprint density at radius 2 is 1.90 bits per heavy atom. The Kier molecular flexibility index (Phi) is 3.98. The molecule has 20 heavy (non-hydrogen) atoms. The molecule has 1 heterocycles. The predicted molar refractivity (Wildman–Crippen MR) is 65.3 cm³/mol. The summed E-state index contributed by atoms with van der Waals surface area (Å²) < 4.78 is 41.4. The third-order valence-corrected chi connectivity index (χ3v) is 2.84. The summed E-state index contributed by atoms with van der Waals surface area (Å²) in [6.45, 7) is 1.56. The van der Waals surface area contributed by atoms with Gasteiger partial charge in [-0.2, -0.15) is 13.2 Å². The van der Waals surface area contributed by atoms with Crippen LogP contribution >= 0.6 is 11.8 Å². The van der Waals surface area contributed by atoms with E-state index in [2.05, 4.69) is 15.5 Å². The fourth-order valence-electron chi connectivity index (χ4n) is 1.32. The molecule has 1 aromatic heterocycles. The molecule has 106 valence electrons. The molecule has 0 saturated heterocycles. The smallest absolute Gasteiger partial charge is 0.408 e. The Morgan fingerprint density at radius 1 is 1.25 bits per heavy atom. The monoisotopic (exact) mass is 303 g/mol. The summed E-state index contributed by atoms with van der Waals surface area (Å²) in [5, 5.41) is 9.44. The number of carbonyl (C=O) groups is 1. The quantitative estimate of drug-likeness (QED) is 0.882. The van der Waals surface area contributed by atoms with Gasteiger partial charge < -0.3 is 4.42 Å². The van der Waals surface area contributed by atoms with Gasteiger partial charge in [-0.1, -0.05) is 5.10 Å². The lowest BCUT2D eigenvalue weighted by Crippen LogP contribution is -2.12. The average molecular weight is 303 g/mol. The highest BCUT2D eigenvalue weighted by Gasteiger charge is 2.29. The molecule has 0 fully saturated rings. The van der Waals surface area contributed by atoms with Crippen molar-refractivity contribution < 1.29 is 22.4 Å². The predicted octanol–water partition coefficient (Wildman–Crippen LogP) is 3.24. The van der Waals surface area contributed by atoms with Crippen molar-refractivity contribution in [3.05, 3.63) is 35.7 Å². The van der Waals surface area contributed by atoms with Crippen LogP contribution in [0.2, 0.25) is 0 Å². The highest BCUT2D eigenvalue weighted by molar-refractivity contribution is 8.00. The molecule has 2 rings (SSSR count). The molecule has 0 aliphatic rings. The highest BCUT2D eigenvalue weighted by atomic mass is 32.2. The van der Waals surface area contributed by atoms with Gasteiger partial charge >= 0.3 is 11.5 Å². The molecule has 1 N–H and O–H groups in total. The topological polar surface area (TPSA) is 68.0 Å². The van der Waals surface area contributed by atoms with E-state index in [1.807, 2.05) is 0 Å². The minimum Gasteiger partial charge on any atom is -0.408 e. The molecule has 0 saturated carbocycles. The van der Waals surface area contributed by atoms with Gasteiger partial charge in [0.15, 0.2) is 0 Å². The lowest BCUT2D eigenvalue weighted by molar-refractivity contribution is -0.0328. The van der Waals surface area contributed by atoms with Crippen LogP contribution in [0.3, 0.4) is 0 Å². The summed E-state index contributed by atoms with van der Waals surface area (Å²) in [5.41, 5.74) is -4.17. The van der Waals surface area contributed by atoms with Gasteiger partial charge in [0, 0.05) is 17.4 Å². The van der Waals surface area contributed by atoms with Crippen LogP contribution in [-0.4, -0.2) is 21.6 Å². The van der Waals surface area contributed by atoms with Crippen LogP contribution in [0, 0.1) is 6.92 Å². The zero-order chi connectivity index (χ0) is 14.8. The second-order valence-electron chi connectivity index (χ2n) is 3.65. The molecule has 0 radical (unpaired) electrons. The number of hydrogen-bond donors (Lipinski definition) is 1. The SMILES string of the molecule is Cc1nnc(NC(=O)c2ccc(SC(F)(F)F)cc2)o1. The summed E-state index contributed by atoms with van der Waals surface area (Å²) >= 11 is -0.244. The number of halogens is 3. The standard InChI is InChI=1S/C11H8F3N3O2S/c1-6-16-17-10(19-6)15-9(18)7-2-4-8(5-3-7)20-11(12,13)14/h2-5H,1H3,(H,15,17,18). The third kappa shape index (κ3) is 3.98. The highest BCUT2D eigenvalue weighted by Crippen LogP contribution is 2.36. The van der Waals surface area contributed by atoms with Crippen LogP contribution in [0.25, 0.3) is 0 Å². The van der Waals surface area contributed by atoms with Gasteiger partial charge in [-0.05, 0) is 36.0 Å². The molecule has 1 aromatic carbocycles. The van der Waals surface area contributed by atoms with Gasteiger partial charge in [-0.3, -0.25) is 10.1 Å². The van der Waals surface area contributed by atoms with Crippen LogP contribution in [0.1, 0.15) is 16.2 Å². The van der Waals surface area contributed by atoms with Gasteiger partial charge in [0.25, 0.3) is 5.91 Å². The number of amides is 1. The summed E-state index contributed by atoms with van der Waals surface area (Å²) in [6, 6.07) is 4.93. The van der Waals surface area contributed by atoms with Gasteiger partial charge in [-0.25, -0.2) is 0 Å². The van der Waals surface area contributed by atoms with Gasteiger partial charge in [0.2, 0.25) is 5.89 Å². The number of anilines is 1. The van der Waals surface area contributed by atoms with Crippen molar-refractivity contribution in [3.8, 4) is 0 Å². The van der Waals surface area contributed by atoms with Crippen LogP contribution in [-0.2, 0) is 0 Å². The van der Waals surface area contributed by atoms with E-state index < -0.39 is 11.4 Å². The molecule has 0 bridgehead atoms. The van der Waals surface area contributed by atoms with Crippen LogP contribution < -0.4 is 5.32 Å². The molecule has 5 nitrogen and oxygen atoms in total. The van der Waals surface area contributed by atoms with E-state index in [-0.39, 0.29) is 34.1 Å². The minimum absolute atomic E-state index is 0.00249. The number of nitrogens with one attached hydrogen (secondary N) is 1. The summed E-state index contributed by atoms with van der Waals surface area (Å²) in [6.07, 6.45) is 0. The van der Waals surface area contributed by atoms with Crippen molar-refractivity contribution in [1.29, 1.82) is 0 Å². The first-order chi connectivity index (χ1) is 9.33. The first-order valence-electron chi connectivity index (χ1n) is 5.31. The van der Waals surface area contributed by atoms with Crippen LogP contribution in [0.4, 0.5) is 19.2 Å². The largest absolute Gasteiger partial charge is 0.446 e. The first-order valence-corrected chi connectivity index (χ1v) is 6.12. The number of aryl methyl sites for hydroxylation is 1. The number of carbonyl (C=O) groups excluding carboxylic acids is 1. The van der Waals surface area contributed by atoms with E-state index in [0.29, 0.717) is 0 Å². The van der Waals surface area contributed by atoms with Gasteiger partial charge in [0.1, 0.15) is 0 Å². The van der Waals surface area contributed by atoms with Crippen molar-refractivity contribution in [1.82, 2.24) is 10.2 Å². The fourth-order valence-corrected chi connectivity index (χ4v) is 1.86. The Morgan fingerprint density at radius 3 is 2.40 bits per heavy atom. The van der Waals surface area contributed by atoms with E-state index in [4.69, 9.17) is 4.42 Å². The Bertz CT molecular complexity index is 610. The van der Waals surface area contributed by atoms with Crippen molar-refractivity contribution in [3.63, 3.8) is 0 Å². The van der Waals surface area contributed by atoms with Gasteiger partial charge in [0.05, 0.1) is 0 Å². The summed E-state index contributed by atoms with van der Waals surface area (Å²) in [7, 11) is 0. The molecule has 0 atom stereocenters. The summed E-state index contributed by atoms with van der Waals surface area (Å²) in [4.78, 5) is 11.8. The van der Waals surface area contributed by atoms with E-state index in [1.165, 1.54) is 24.3 Å². The minimum atomic E-state index is -4.36. The van der Waals surface area contributed by atoms with E-state index in [1.54, 1.807) is 6.92 Å². The lowest BCUT2D eigenvalue weighted by Gasteiger charge is -2.06. The van der Waals surface area contributed by atoms with Gasteiger partial charge in [-0.15, -0.1) is 5.10 Å². The maximum Gasteiger partial charge on any atom is 0.446 e.